The number of carbonyl (C=O) groups excluding carboxylic acids is 1. The van der Waals surface area contributed by atoms with Crippen LogP contribution in [-0.2, 0) is 0 Å². The molecular formula is C24H16O. The molecule has 0 amide bonds. The van der Waals surface area contributed by atoms with Crippen LogP contribution in [0.5, 0.6) is 0 Å². The van der Waals surface area contributed by atoms with E-state index in [2.05, 4.69) is 66.7 Å². The molecule has 6 rings (SSSR count). The molecule has 2 aliphatic rings. The van der Waals surface area contributed by atoms with Crippen molar-refractivity contribution in [3.63, 3.8) is 0 Å². The second-order valence-corrected chi connectivity index (χ2v) is 7.32. The van der Waals surface area contributed by atoms with Crippen molar-refractivity contribution in [3.05, 3.63) is 95.1 Å². The molecule has 4 aromatic rings. The quantitative estimate of drug-likeness (QED) is 0.399. The maximum atomic E-state index is 13.2. The highest BCUT2D eigenvalue weighted by Crippen LogP contribution is 2.53. The molecule has 0 fully saturated rings. The molecule has 118 valence electrons. The summed E-state index contributed by atoms with van der Waals surface area (Å²) in [5, 5.41) is 4.88. The molecule has 2 bridgehead atoms. The lowest BCUT2D eigenvalue weighted by Gasteiger charge is -2.23. The fourth-order valence-corrected chi connectivity index (χ4v) is 4.86. The normalized spacial score (nSPS) is 20.7. The number of rotatable bonds is 0. The zero-order valence-corrected chi connectivity index (χ0v) is 13.7. The van der Waals surface area contributed by atoms with Crippen LogP contribution in [0.3, 0.4) is 0 Å². The summed E-state index contributed by atoms with van der Waals surface area (Å²) < 4.78 is 0. The molecule has 2 unspecified atom stereocenters. The van der Waals surface area contributed by atoms with Gasteiger partial charge >= 0.3 is 0 Å². The van der Waals surface area contributed by atoms with Crippen LogP contribution >= 0.6 is 0 Å². The summed E-state index contributed by atoms with van der Waals surface area (Å²) in [6.07, 6.45) is 0.926. The summed E-state index contributed by atoms with van der Waals surface area (Å²) in [5.41, 5.74) is 4.74. The Kier molecular flexibility index (Phi) is 2.45. The molecule has 0 aromatic heterocycles. The first-order chi connectivity index (χ1) is 12.3. The van der Waals surface area contributed by atoms with Gasteiger partial charge in [0.1, 0.15) is 0 Å². The Labute approximate surface area is 145 Å². The largest absolute Gasteiger partial charge is 0.293 e. The van der Waals surface area contributed by atoms with Gasteiger partial charge < -0.3 is 0 Å². The first-order valence-corrected chi connectivity index (χ1v) is 8.89. The van der Waals surface area contributed by atoms with Crippen LogP contribution in [0.4, 0.5) is 0 Å². The summed E-state index contributed by atoms with van der Waals surface area (Å²) in [4.78, 5) is 13.2. The fraction of sp³-hybridized carbons (Fsp3) is 0.125. The van der Waals surface area contributed by atoms with E-state index >= 15 is 0 Å². The van der Waals surface area contributed by atoms with Gasteiger partial charge in [0.05, 0.1) is 0 Å². The number of hydrogen-bond donors (Lipinski definition) is 0. The van der Waals surface area contributed by atoms with Gasteiger partial charge in [-0.05, 0) is 56.8 Å². The Morgan fingerprint density at radius 2 is 1.08 bits per heavy atom. The molecule has 0 aliphatic heterocycles. The predicted molar refractivity (Wildman–Crippen MR) is 101 cm³/mol. The number of hydrogen-bond acceptors (Lipinski definition) is 1. The average Bonchev–Trinajstić information content (AvgIpc) is 2.99. The van der Waals surface area contributed by atoms with Crippen molar-refractivity contribution in [2.45, 2.75) is 18.3 Å². The maximum Gasteiger partial charge on any atom is 0.170 e. The molecule has 0 N–H and O–H groups in total. The molecule has 4 aromatic carbocycles. The minimum atomic E-state index is 0.0262. The van der Waals surface area contributed by atoms with Crippen molar-refractivity contribution in [3.8, 4) is 0 Å². The van der Waals surface area contributed by atoms with Gasteiger partial charge in [-0.3, -0.25) is 4.79 Å². The number of benzene rings is 4. The summed E-state index contributed by atoms with van der Waals surface area (Å²) in [6.45, 7) is 0. The number of fused-ring (bicyclic) bond motifs is 9. The number of Topliss-reactive ketones (excluding diaryl/α,β-unsaturated/α-hetero) is 1. The van der Waals surface area contributed by atoms with Crippen LogP contribution in [-0.4, -0.2) is 5.78 Å². The van der Waals surface area contributed by atoms with Gasteiger partial charge in [-0.2, -0.15) is 0 Å². The Bertz CT molecular complexity index is 1200. The third-order valence-electron chi connectivity index (χ3n) is 6.05. The van der Waals surface area contributed by atoms with Gasteiger partial charge in [0.2, 0.25) is 0 Å². The van der Waals surface area contributed by atoms with E-state index in [1.165, 1.54) is 32.8 Å². The topological polar surface area (TPSA) is 17.1 Å². The van der Waals surface area contributed by atoms with Gasteiger partial charge in [-0.15, -0.1) is 0 Å². The number of ketones is 1. The second kappa shape index (κ2) is 4.58. The van der Waals surface area contributed by atoms with E-state index in [1.807, 2.05) is 6.07 Å². The van der Waals surface area contributed by atoms with Gasteiger partial charge in [0.15, 0.2) is 5.78 Å². The molecule has 2 atom stereocenters. The SMILES string of the molecule is O=C1c2cc3ccccc3cc2C2CC1c1cc3ccccc3cc12. The van der Waals surface area contributed by atoms with Crippen molar-refractivity contribution in [1.29, 1.82) is 0 Å². The van der Waals surface area contributed by atoms with E-state index in [0.717, 1.165) is 17.4 Å². The van der Waals surface area contributed by atoms with Crippen molar-refractivity contribution in [2.75, 3.05) is 0 Å². The molecule has 0 saturated heterocycles. The summed E-state index contributed by atoms with van der Waals surface area (Å²) in [5.74, 6) is 0.672. The molecular weight excluding hydrogens is 304 g/mol. The third kappa shape index (κ3) is 1.70. The summed E-state index contributed by atoms with van der Waals surface area (Å²) >= 11 is 0. The highest BCUT2D eigenvalue weighted by Gasteiger charge is 2.42. The van der Waals surface area contributed by atoms with Crippen LogP contribution in [0, 0.1) is 0 Å². The highest BCUT2D eigenvalue weighted by atomic mass is 16.1. The molecule has 0 saturated carbocycles. The van der Waals surface area contributed by atoms with Gasteiger partial charge in [-0.1, -0.05) is 60.7 Å². The molecule has 0 spiro atoms. The third-order valence-corrected chi connectivity index (χ3v) is 6.05. The monoisotopic (exact) mass is 320 g/mol. The first kappa shape index (κ1) is 13.4. The molecule has 0 heterocycles. The van der Waals surface area contributed by atoms with Crippen molar-refractivity contribution < 1.29 is 4.79 Å². The molecule has 25 heavy (non-hydrogen) atoms. The van der Waals surface area contributed by atoms with E-state index < -0.39 is 0 Å². The standard InChI is InChI=1S/C24H16O/c25-24-22-12-17-8-4-3-7-16(17)11-20(22)21-13-23(24)19-10-15-6-2-1-5-14(15)9-18(19)21/h1-12,21,23H,13H2. The van der Waals surface area contributed by atoms with Crippen molar-refractivity contribution >= 4 is 27.3 Å². The molecule has 1 nitrogen and oxygen atoms in total. The Hall–Kier alpha value is -2.93. The Morgan fingerprint density at radius 3 is 1.68 bits per heavy atom. The lowest BCUT2D eigenvalue weighted by atomic mass is 9.79. The average molecular weight is 320 g/mol. The van der Waals surface area contributed by atoms with E-state index in [4.69, 9.17) is 0 Å². The number of carbonyl (C=O) groups is 1. The van der Waals surface area contributed by atoms with Gasteiger partial charge in [-0.25, -0.2) is 0 Å². The van der Waals surface area contributed by atoms with Gasteiger partial charge in [0.25, 0.3) is 0 Å². The van der Waals surface area contributed by atoms with Gasteiger partial charge in [0, 0.05) is 17.4 Å². The first-order valence-electron chi connectivity index (χ1n) is 8.89. The van der Waals surface area contributed by atoms with Crippen molar-refractivity contribution in [1.82, 2.24) is 0 Å². The van der Waals surface area contributed by atoms with E-state index in [0.29, 0.717) is 11.7 Å². The molecule has 2 aliphatic carbocycles. The smallest absolute Gasteiger partial charge is 0.170 e. The van der Waals surface area contributed by atoms with Crippen LogP contribution < -0.4 is 0 Å². The van der Waals surface area contributed by atoms with Crippen LogP contribution in [0.15, 0.2) is 72.8 Å². The highest BCUT2D eigenvalue weighted by molar-refractivity contribution is 6.08. The summed E-state index contributed by atoms with van der Waals surface area (Å²) in [6, 6.07) is 25.7. The Morgan fingerprint density at radius 1 is 0.600 bits per heavy atom. The predicted octanol–water partition coefficient (Wildman–Crippen LogP) is 5.81. The lowest BCUT2D eigenvalue weighted by Crippen LogP contribution is -2.18. The minimum absolute atomic E-state index is 0.0262. The zero-order valence-electron chi connectivity index (χ0n) is 13.7. The fourth-order valence-electron chi connectivity index (χ4n) is 4.86. The maximum absolute atomic E-state index is 13.2. The lowest BCUT2D eigenvalue weighted by molar-refractivity contribution is 0.0950. The summed E-state index contributed by atoms with van der Waals surface area (Å²) in [7, 11) is 0. The molecule has 1 heteroatoms. The molecule has 0 radical (unpaired) electrons. The van der Waals surface area contributed by atoms with E-state index in [1.54, 1.807) is 0 Å². The van der Waals surface area contributed by atoms with Crippen LogP contribution in [0.2, 0.25) is 0 Å². The minimum Gasteiger partial charge on any atom is -0.293 e. The van der Waals surface area contributed by atoms with Crippen LogP contribution in [0.25, 0.3) is 21.5 Å². The van der Waals surface area contributed by atoms with Crippen LogP contribution in [0.1, 0.15) is 45.3 Å². The zero-order chi connectivity index (χ0) is 16.5. The van der Waals surface area contributed by atoms with Crippen molar-refractivity contribution in [2.24, 2.45) is 0 Å². The Balaban J connectivity index is 1.67. The van der Waals surface area contributed by atoms with E-state index in [9.17, 15) is 4.79 Å². The van der Waals surface area contributed by atoms with E-state index in [-0.39, 0.29) is 5.92 Å². The second-order valence-electron chi connectivity index (χ2n) is 7.32.